The fraction of sp³-hybridized carbons (Fsp3) is 0.524. The van der Waals surface area contributed by atoms with Crippen molar-refractivity contribution >= 4 is 29.4 Å². The molecule has 0 bridgehead atoms. The zero-order valence-electron chi connectivity index (χ0n) is 16.7. The van der Waals surface area contributed by atoms with Crippen molar-refractivity contribution in [1.29, 1.82) is 0 Å². The van der Waals surface area contributed by atoms with E-state index in [0.29, 0.717) is 24.3 Å². The van der Waals surface area contributed by atoms with Crippen LogP contribution in [0.15, 0.2) is 24.3 Å². The third-order valence-corrected chi connectivity index (χ3v) is 5.98. The predicted molar refractivity (Wildman–Crippen MR) is 104 cm³/mol. The van der Waals surface area contributed by atoms with Gasteiger partial charge in [-0.3, -0.25) is 19.3 Å². The van der Waals surface area contributed by atoms with Crippen LogP contribution in [0.25, 0.3) is 0 Å². The number of hydrogen-bond acceptors (Lipinski definition) is 5. The van der Waals surface area contributed by atoms with E-state index in [4.69, 9.17) is 4.74 Å². The number of anilines is 1. The Morgan fingerprint density at radius 3 is 2.52 bits per heavy atom. The summed E-state index contributed by atoms with van der Waals surface area (Å²) in [7, 11) is 0. The van der Waals surface area contributed by atoms with Crippen molar-refractivity contribution in [1.82, 2.24) is 9.80 Å². The average molecular weight is 399 g/mol. The summed E-state index contributed by atoms with van der Waals surface area (Å²) in [5.41, 5.74) is -0.658. The van der Waals surface area contributed by atoms with Crippen LogP contribution in [0.1, 0.15) is 49.9 Å². The van der Waals surface area contributed by atoms with E-state index < -0.39 is 18.2 Å². The van der Waals surface area contributed by atoms with Gasteiger partial charge in [0, 0.05) is 32.0 Å². The van der Waals surface area contributed by atoms with Crippen molar-refractivity contribution < 1.29 is 23.9 Å². The van der Waals surface area contributed by atoms with Gasteiger partial charge in [0.15, 0.2) is 6.61 Å². The third kappa shape index (κ3) is 2.89. The number of carbonyl (C=O) groups excluding carboxylic acids is 4. The van der Waals surface area contributed by atoms with Gasteiger partial charge in [-0.1, -0.05) is 12.1 Å². The molecule has 1 saturated heterocycles. The first-order chi connectivity index (χ1) is 14.0. The molecule has 3 amide bonds. The number of esters is 1. The molecule has 2 aliphatic heterocycles. The molecule has 1 saturated carbocycles. The quantitative estimate of drug-likeness (QED) is 0.677. The van der Waals surface area contributed by atoms with E-state index in [1.165, 1.54) is 9.80 Å². The number of rotatable bonds is 6. The minimum absolute atomic E-state index is 0.102. The molecule has 1 aromatic carbocycles. The van der Waals surface area contributed by atoms with E-state index in [0.717, 1.165) is 12.8 Å². The van der Waals surface area contributed by atoms with E-state index in [1.807, 2.05) is 13.8 Å². The van der Waals surface area contributed by atoms with Gasteiger partial charge in [0.25, 0.3) is 11.8 Å². The second-order valence-electron chi connectivity index (χ2n) is 7.61. The maximum atomic E-state index is 13.4. The summed E-state index contributed by atoms with van der Waals surface area (Å²) in [6, 6.07) is 6.75. The summed E-state index contributed by atoms with van der Waals surface area (Å²) in [5.74, 6) is -1.49. The average Bonchev–Trinajstić information content (AvgIpc) is 3.49. The fourth-order valence-electron chi connectivity index (χ4n) is 4.42. The number of benzene rings is 1. The van der Waals surface area contributed by atoms with Crippen molar-refractivity contribution in [2.75, 3.05) is 24.6 Å². The van der Waals surface area contributed by atoms with Crippen molar-refractivity contribution in [3.05, 3.63) is 29.8 Å². The molecule has 4 rings (SSSR count). The maximum Gasteiger partial charge on any atom is 0.354 e. The topological polar surface area (TPSA) is 87.2 Å². The number of para-hydroxylation sites is 1. The summed E-state index contributed by atoms with van der Waals surface area (Å²) in [6.07, 6.45) is 1.87. The highest BCUT2D eigenvalue weighted by Gasteiger charge is 2.64. The highest BCUT2D eigenvalue weighted by atomic mass is 16.5. The molecule has 8 heteroatoms. The van der Waals surface area contributed by atoms with Gasteiger partial charge in [-0.05, 0) is 38.8 Å². The Hall–Kier alpha value is -2.90. The van der Waals surface area contributed by atoms with Crippen LogP contribution in [0.5, 0.6) is 0 Å². The van der Waals surface area contributed by atoms with Crippen LogP contribution in [0.4, 0.5) is 5.69 Å². The van der Waals surface area contributed by atoms with Gasteiger partial charge >= 0.3 is 5.97 Å². The first kappa shape index (κ1) is 19.4. The molecule has 1 atom stereocenters. The molecule has 29 heavy (non-hydrogen) atoms. The SMILES string of the molecule is CCN(CC)C(=O)COC(=O)[C@]12CCC(=O)N1c1ccccc1C(=O)N2C1CC1. The zero-order valence-corrected chi connectivity index (χ0v) is 16.7. The van der Waals surface area contributed by atoms with Gasteiger partial charge in [-0.25, -0.2) is 4.79 Å². The number of ether oxygens (including phenoxy) is 1. The van der Waals surface area contributed by atoms with Gasteiger partial charge in [-0.15, -0.1) is 0 Å². The Balaban J connectivity index is 1.71. The van der Waals surface area contributed by atoms with E-state index in [1.54, 1.807) is 29.2 Å². The third-order valence-electron chi connectivity index (χ3n) is 5.98. The Labute approximate surface area is 169 Å². The molecule has 8 nitrogen and oxygen atoms in total. The van der Waals surface area contributed by atoms with Crippen LogP contribution < -0.4 is 4.90 Å². The molecule has 154 valence electrons. The van der Waals surface area contributed by atoms with Crippen LogP contribution in [-0.2, 0) is 19.1 Å². The number of nitrogens with zero attached hydrogens (tertiary/aromatic N) is 3. The number of amides is 3. The molecule has 0 unspecified atom stereocenters. The Morgan fingerprint density at radius 1 is 1.17 bits per heavy atom. The molecule has 0 N–H and O–H groups in total. The summed E-state index contributed by atoms with van der Waals surface area (Å²) in [4.78, 5) is 56.3. The van der Waals surface area contributed by atoms with Crippen LogP contribution >= 0.6 is 0 Å². The monoisotopic (exact) mass is 399 g/mol. The van der Waals surface area contributed by atoms with Gasteiger partial charge in [0.05, 0.1) is 11.3 Å². The van der Waals surface area contributed by atoms with Crippen molar-refractivity contribution in [3.8, 4) is 0 Å². The number of carbonyl (C=O) groups is 4. The fourth-order valence-corrected chi connectivity index (χ4v) is 4.42. The molecule has 1 aliphatic carbocycles. The number of fused-ring (bicyclic) bond motifs is 3. The van der Waals surface area contributed by atoms with Crippen LogP contribution in [0.2, 0.25) is 0 Å². The second-order valence-corrected chi connectivity index (χ2v) is 7.61. The largest absolute Gasteiger partial charge is 0.452 e. The highest BCUT2D eigenvalue weighted by Crippen LogP contribution is 2.49. The molecule has 0 aromatic heterocycles. The second kappa shape index (κ2) is 7.17. The lowest BCUT2D eigenvalue weighted by atomic mass is 9.96. The van der Waals surface area contributed by atoms with Crippen molar-refractivity contribution in [2.45, 2.75) is 51.2 Å². The summed E-state index contributed by atoms with van der Waals surface area (Å²) in [5, 5.41) is 0. The summed E-state index contributed by atoms with van der Waals surface area (Å²) >= 11 is 0. The first-order valence-corrected chi connectivity index (χ1v) is 10.2. The standard InChI is InChI=1S/C21H25N3O5/c1-3-22(4-2)18(26)13-29-20(28)21-12-11-17(25)24(21)16-8-6-5-7-15(16)19(27)23(21)14-9-10-14/h5-8,14H,3-4,9-13H2,1-2H3/t21-/m0/s1. The van der Waals surface area contributed by atoms with Crippen LogP contribution in [0, 0.1) is 0 Å². The van der Waals surface area contributed by atoms with E-state index >= 15 is 0 Å². The molecule has 0 radical (unpaired) electrons. The van der Waals surface area contributed by atoms with Gasteiger partial charge in [0.2, 0.25) is 11.6 Å². The molecule has 3 aliphatic rings. The Bertz CT molecular complexity index is 877. The molecular formula is C21H25N3O5. The molecule has 2 fully saturated rings. The van der Waals surface area contributed by atoms with Crippen LogP contribution in [-0.4, -0.2) is 64.9 Å². The van der Waals surface area contributed by atoms with Crippen molar-refractivity contribution in [2.24, 2.45) is 0 Å². The van der Waals surface area contributed by atoms with Gasteiger partial charge in [0.1, 0.15) is 0 Å². The summed E-state index contributed by atoms with van der Waals surface area (Å²) in [6.45, 7) is 4.33. The predicted octanol–water partition coefficient (Wildman–Crippen LogP) is 1.54. The number of likely N-dealkylation sites (N-methyl/N-ethyl adjacent to an activating group) is 1. The lowest BCUT2D eigenvalue weighted by molar-refractivity contribution is -0.162. The molecule has 2 heterocycles. The lowest BCUT2D eigenvalue weighted by Crippen LogP contribution is -2.69. The normalized spacial score (nSPS) is 23.0. The highest BCUT2D eigenvalue weighted by molar-refractivity contribution is 6.15. The molecule has 1 aromatic rings. The maximum absolute atomic E-state index is 13.4. The van der Waals surface area contributed by atoms with E-state index in [2.05, 4.69) is 0 Å². The Kier molecular flexibility index (Phi) is 4.80. The van der Waals surface area contributed by atoms with Crippen LogP contribution in [0.3, 0.4) is 0 Å². The van der Waals surface area contributed by atoms with E-state index in [9.17, 15) is 19.2 Å². The van der Waals surface area contributed by atoms with E-state index in [-0.39, 0.29) is 36.6 Å². The lowest BCUT2D eigenvalue weighted by Gasteiger charge is -2.48. The summed E-state index contributed by atoms with van der Waals surface area (Å²) < 4.78 is 5.43. The van der Waals surface area contributed by atoms with Crippen molar-refractivity contribution in [3.63, 3.8) is 0 Å². The molecular weight excluding hydrogens is 374 g/mol. The minimum atomic E-state index is -1.51. The Morgan fingerprint density at radius 2 is 1.86 bits per heavy atom. The van der Waals surface area contributed by atoms with Gasteiger partial charge < -0.3 is 14.5 Å². The zero-order chi connectivity index (χ0) is 20.8. The molecule has 0 spiro atoms. The van der Waals surface area contributed by atoms with Gasteiger partial charge in [-0.2, -0.15) is 0 Å². The first-order valence-electron chi connectivity index (χ1n) is 10.2. The minimum Gasteiger partial charge on any atom is -0.452 e. The number of hydrogen-bond donors (Lipinski definition) is 0. The smallest absolute Gasteiger partial charge is 0.354 e.